The van der Waals surface area contributed by atoms with Crippen molar-refractivity contribution in [1.82, 2.24) is 5.16 Å². The number of nitrogens with two attached hydrogens (primary N) is 1. The average molecular weight is 336 g/mol. The van der Waals surface area contributed by atoms with Crippen molar-refractivity contribution in [3.63, 3.8) is 0 Å². The highest BCUT2D eigenvalue weighted by molar-refractivity contribution is 6.39. The predicted octanol–water partition coefficient (Wildman–Crippen LogP) is 3.90. The zero-order chi connectivity index (χ0) is 15.7. The third kappa shape index (κ3) is 2.86. The van der Waals surface area contributed by atoms with Crippen molar-refractivity contribution in [2.75, 3.05) is 11.1 Å². The Morgan fingerprint density at radius 3 is 2.64 bits per heavy atom. The minimum absolute atomic E-state index is 0.0800. The summed E-state index contributed by atoms with van der Waals surface area (Å²) < 4.78 is 5.17. The van der Waals surface area contributed by atoms with Crippen molar-refractivity contribution >= 4 is 51.5 Å². The van der Waals surface area contributed by atoms with Gasteiger partial charge in [-0.1, -0.05) is 40.5 Å². The van der Waals surface area contributed by atoms with Gasteiger partial charge in [0, 0.05) is 11.1 Å². The van der Waals surface area contributed by atoms with Crippen LogP contribution in [0.4, 0.5) is 11.4 Å². The number of nitrogen functional groups attached to an aromatic ring is 1. The fourth-order valence-electron chi connectivity index (χ4n) is 2.08. The zero-order valence-electron chi connectivity index (χ0n) is 11.3. The average Bonchev–Trinajstić information content (AvgIpc) is 2.88. The highest BCUT2D eigenvalue weighted by Gasteiger charge is 2.13. The van der Waals surface area contributed by atoms with Crippen molar-refractivity contribution in [1.29, 1.82) is 0 Å². The van der Waals surface area contributed by atoms with Gasteiger partial charge < -0.3 is 15.6 Å². The van der Waals surface area contributed by atoms with Gasteiger partial charge >= 0.3 is 0 Å². The molecule has 0 unspecified atom stereocenters. The first-order valence-corrected chi connectivity index (χ1v) is 7.18. The lowest BCUT2D eigenvalue weighted by molar-refractivity contribution is -0.115. The van der Waals surface area contributed by atoms with Gasteiger partial charge in [0.25, 0.3) is 0 Å². The van der Waals surface area contributed by atoms with Crippen LogP contribution in [-0.2, 0) is 11.2 Å². The number of anilines is 2. The first-order valence-electron chi connectivity index (χ1n) is 6.42. The van der Waals surface area contributed by atoms with E-state index in [1.807, 2.05) is 18.2 Å². The van der Waals surface area contributed by atoms with E-state index in [1.54, 1.807) is 18.2 Å². The maximum absolute atomic E-state index is 12.1. The first-order chi connectivity index (χ1) is 10.5. The van der Waals surface area contributed by atoms with Crippen LogP contribution in [0.5, 0.6) is 0 Å². The van der Waals surface area contributed by atoms with Crippen molar-refractivity contribution in [3.05, 3.63) is 52.1 Å². The third-order valence-corrected chi connectivity index (χ3v) is 3.77. The lowest BCUT2D eigenvalue weighted by Crippen LogP contribution is -2.14. The lowest BCUT2D eigenvalue weighted by atomic mass is 10.1. The van der Waals surface area contributed by atoms with E-state index in [2.05, 4.69) is 10.5 Å². The number of nitrogens with one attached hydrogen (secondary N) is 1. The van der Waals surface area contributed by atoms with Crippen LogP contribution in [0.15, 0.2) is 40.9 Å². The van der Waals surface area contributed by atoms with Gasteiger partial charge in [-0.3, -0.25) is 4.79 Å². The Hall–Kier alpha value is -2.24. The van der Waals surface area contributed by atoms with Crippen LogP contribution in [-0.4, -0.2) is 11.1 Å². The Bertz CT molecular complexity index is 838. The molecule has 0 fully saturated rings. The van der Waals surface area contributed by atoms with Crippen molar-refractivity contribution in [2.24, 2.45) is 0 Å². The number of fused-ring (bicyclic) bond motifs is 1. The zero-order valence-corrected chi connectivity index (χ0v) is 12.8. The van der Waals surface area contributed by atoms with Gasteiger partial charge in [0.2, 0.25) is 5.91 Å². The molecule has 0 aliphatic carbocycles. The summed E-state index contributed by atoms with van der Waals surface area (Å²) in [7, 11) is 0. The van der Waals surface area contributed by atoms with E-state index in [0.29, 0.717) is 17.0 Å². The van der Waals surface area contributed by atoms with Crippen LogP contribution in [0.3, 0.4) is 0 Å². The topological polar surface area (TPSA) is 81.1 Å². The molecule has 1 heterocycles. The van der Waals surface area contributed by atoms with Crippen molar-refractivity contribution in [3.8, 4) is 0 Å². The van der Waals surface area contributed by atoms with E-state index in [4.69, 9.17) is 33.5 Å². The SMILES string of the molecule is Nc1c(Cl)cc(NC(=O)Cc2noc3ccccc23)cc1Cl. The van der Waals surface area contributed by atoms with Crippen LogP contribution >= 0.6 is 23.2 Å². The highest BCUT2D eigenvalue weighted by Crippen LogP contribution is 2.31. The fourth-order valence-corrected chi connectivity index (χ4v) is 2.57. The molecule has 1 amide bonds. The number of nitrogens with zero attached hydrogens (tertiary/aromatic N) is 1. The van der Waals surface area contributed by atoms with Crippen LogP contribution in [0.25, 0.3) is 11.0 Å². The summed E-state index contributed by atoms with van der Waals surface area (Å²) in [6.45, 7) is 0. The lowest BCUT2D eigenvalue weighted by Gasteiger charge is -2.07. The standard InChI is InChI=1S/C15H11Cl2N3O2/c16-10-5-8(6-11(17)15(10)18)19-14(21)7-12-9-3-1-2-4-13(9)22-20-12/h1-6H,7,18H2,(H,19,21). The number of halogens is 2. The van der Waals surface area contributed by atoms with E-state index in [9.17, 15) is 4.79 Å². The maximum Gasteiger partial charge on any atom is 0.230 e. The molecule has 0 atom stereocenters. The number of hydrogen-bond acceptors (Lipinski definition) is 4. The number of aromatic nitrogens is 1. The van der Waals surface area contributed by atoms with Crippen LogP contribution in [0, 0.1) is 0 Å². The summed E-state index contributed by atoms with van der Waals surface area (Å²) in [5, 5.41) is 8.01. The van der Waals surface area contributed by atoms with E-state index in [1.165, 1.54) is 0 Å². The number of benzene rings is 2. The predicted molar refractivity (Wildman–Crippen MR) is 87.2 cm³/mol. The minimum atomic E-state index is -0.254. The Labute approximate surface area is 136 Å². The Morgan fingerprint density at radius 2 is 1.91 bits per heavy atom. The van der Waals surface area contributed by atoms with Gasteiger partial charge in [-0.15, -0.1) is 0 Å². The van der Waals surface area contributed by atoms with Crippen molar-refractivity contribution < 1.29 is 9.32 Å². The molecule has 2 aromatic carbocycles. The van der Waals surface area contributed by atoms with Crippen LogP contribution < -0.4 is 11.1 Å². The molecule has 112 valence electrons. The summed E-state index contributed by atoms with van der Waals surface area (Å²) in [5.41, 5.74) is 7.62. The maximum atomic E-state index is 12.1. The number of rotatable bonds is 3. The molecule has 0 saturated heterocycles. The molecule has 1 aromatic heterocycles. The number of para-hydroxylation sites is 1. The quantitative estimate of drug-likeness (QED) is 0.711. The van der Waals surface area contributed by atoms with Gasteiger partial charge in [0.15, 0.2) is 5.58 Å². The molecule has 0 aliphatic rings. The Morgan fingerprint density at radius 1 is 1.23 bits per heavy atom. The molecule has 3 rings (SSSR count). The summed E-state index contributed by atoms with van der Waals surface area (Å²) in [6.07, 6.45) is 0.0800. The van der Waals surface area contributed by atoms with E-state index < -0.39 is 0 Å². The molecule has 0 spiro atoms. The molecule has 0 aliphatic heterocycles. The Kier molecular flexibility index (Phi) is 3.92. The molecule has 7 heteroatoms. The molecule has 3 N–H and O–H groups in total. The second kappa shape index (κ2) is 5.87. The second-order valence-corrected chi connectivity index (χ2v) is 5.52. The van der Waals surface area contributed by atoms with Gasteiger partial charge in [0.1, 0.15) is 5.69 Å². The fraction of sp³-hybridized carbons (Fsp3) is 0.0667. The first kappa shape index (κ1) is 14.7. The van der Waals surface area contributed by atoms with Gasteiger partial charge in [0.05, 0.1) is 22.2 Å². The molecule has 22 heavy (non-hydrogen) atoms. The smallest absolute Gasteiger partial charge is 0.230 e. The largest absolute Gasteiger partial charge is 0.396 e. The van der Waals surface area contributed by atoms with Gasteiger partial charge in [-0.05, 0) is 24.3 Å². The molecule has 0 bridgehead atoms. The number of amides is 1. The minimum Gasteiger partial charge on any atom is -0.396 e. The monoisotopic (exact) mass is 335 g/mol. The van der Waals surface area contributed by atoms with Gasteiger partial charge in [-0.25, -0.2) is 0 Å². The molecule has 3 aromatic rings. The summed E-state index contributed by atoms with van der Waals surface area (Å²) in [4.78, 5) is 12.1. The van der Waals surface area contributed by atoms with E-state index in [0.717, 1.165) is 5.39 Å². The molecule has 0 saturated carbocycles. The van der Waals surface area contributed by atoms with E-state index in [-0.39, 0.29) is 28.1 Å². The summed E-state index contributed by atoms with van der Waals surface area (Å²) in [5.74, 6) is -0.254. The van der Waals surface area contributed by atoms with Crippen LogP contribution in [0.2, 0.25) is 10.0 Å². The van der Waals surface area contributed by atoms with Crippen molar-refractivity contribution in [2.45, 2.75) is 6.42 Å². The summed E-state index contributed by atoms with van der Waals surface area (Å²) in [6, 6.07) is 10.4. The number of carbonyl (C=O) groups excluding carboxylic acids is 1. The van der Waals surface area contributed by atoms with E-state index >= 15 is 0 Å². The van der Waals surface area contributed by atoms with Gasteiger partial charge in [-0.2, -0.15) is 0 Å². The van der Waals surface area contributed by atoms with Crippen LogP contribution in [0.1, 0.15) is 5.69 Å². The number of hydrogen-bond donors (Lipinski definition) is 2. The Balaban J connectivity index is 1.78. The second-order valence-electron chi connectivity index (χ2n) is 4.70. The molecule has 0 radical (unpaired) electrons. The molecular weight excluding hydrogens is 325 g/mol. The normalized spacial score (nSPS) is 10.8. The number of carbonyl (C=O) groups is 1. The molecule has 5 nitrogen and oxygen atoms in total. The highest BCUT2D eigenvalue weighted by atomic mass is 35.5. The third-order valence-electron chi connectivity index (χ3n) is 3.14. The summed E-state index contributed by atoms with van der Waals surface area (Å²) >= 11 is 11.9. The molecular formula is C15H11Cl2N3O2.